The second-order valence-electron chi connectivity index (χ2n) is 6.62. The number of carbonyl (C=O) groups is 1. The summed E-state index contributed by atoms with van der Waals surface area (Å²) in [4.78, 5) is 18.9. The summed E-state index contributed by atoms with van der Waals surface area (Å²) in [6.07, 6.45) is 4.94. The van der Waals surface area contributed by atoms with Gasteiger partial charge in [0.2, 0.25) is 5.91 Å². The van der Waals surface area contributed by atoms with E-state index >= 15 is 0 Å². The highest BCUT2D eigenvalue weighted by Gasteiger charge is 2.26. The molecule has 27 heavy (non-hydrogen) atoms. The number of nitrogens with zero attached hydrogens (tertiary/aromatic N) is 2. The number of hydrogen-bond donors (Lipinski definition) is 0. The van der Waals surface area contributed by atoms with Gasteiger partial charge in [0.25, 0.3) is 0 Å². The first kappa shape index (κ1) is 18.1. The molecule has 2 aromatic carbocycles. The van der Waals surface area contributed by atoms with E-state index in [1.807, 2.05) is 29.2 Å². The van der Waals surface area contributed by atoms with Crippen LogP contribution >= 0.6 is 23.2 Å². The fraction of sp³-hybridized carbons (Fsp3) is 0.238. The van der Waals surface area contributed by atoms with Crippen molar-refractivity contribution in [2.45, 2.75) is 18.8 Å². The van der Waals surface area contributed by atoms with E-state index in [9.17, 15) is 4.79 Å². The molecule has 3 aromatic rings. The molecule has 1 aliphatic heterocycles. The lowest BCUT2D eigenvalue weighted by Gasteiger charge is -2.29. The lowest BCUT2D eigenvalue weighted by atomic mass is 9.96. The maximum Gasteiger partial charge on any atom is 0.246 e. The number of aromatic nitrogens is 1. The maximum atomic E-state index is 12.5. The molecule has 138 valence electrons. The van der Waals surface area contributed by atoms with Gasteiger partial charge < -0.3 is 9.32 Å². The van der Waals surface area contributed by atoms with Crippen LogP contribution < -0.4 is 0 Å². The molecule has 1 aromatic heterocycles. The van der Waals surface area contributed by atoms with Gasteiger partial charge in [-0.25, -0.2) is 4.98 Å². The van der Waals surface area contributed by atoms with Gasteiger partial charge in [0.15, 0.2) is 11.5 Å². The summed E-state index contributed by atoms with van der Waals surface area (Å²) in [7, 11) is 0. The molecule has 0 unspecified atom stereocenters. The standard InChI is InChI=1S/C21H18Cl2N2O2/c22-16-6-7-17(23)15(13-16)5-8-20(26)25-11-9-14(10-12-25)21-24-18-3-1-2-4-19(18)27-21/h1-8,13-14H,9-12H2/b8-5+. The summed E-state index contributed by atoms with van der Waals surface area (Å²) in [5.74, 6) is 0.986. The summed E-state index contributed by atoms with van der Waals surface area (Å²) >= 11 is 12.1. The monoisotopic (exact) mass is 400 g/mol. The Hall–Kier alpha value is -2.30. The van der Waals surface area contributed by atoms with E-state index < -0.39 is 0 Å². The van der Waals surface area contributed by atoms with E-state index in [1.54, 1.807) is 30.4 Å². The van der Waals surface area contributed by atoms with Crippen molar-refractivity contribution in [1.29, 1.82) is 0 Å². The third kappa shape index (κ3) is 4.02. The minimum atomic E-state index is -0.0259. The lowest BCUT2D eigenvalue weighted by molar-refractivity contribution is -0.127. The highest BCUT2D eigenvalue weighted by Crippen LogP contribution is 2.30. The molecule has 0 saturated carbocycles. The van der Waals surface area contributed by atoms with Crippen LogP contribution in [0.15, 0.2) is 53.0 Å². The van der Waals surface area contributed by atoms with Gasteiger partial charge in [0.05, 0.1) is 0 Å². The van der Waals surface area contributed by atoms with Crippen molar-refractivity contribution in [2.24, 2.45) is 0 Å². The lowest BCUT2D eigenvalue weighted by Crippen LogP contribution is -2.36. The number of hydrogen-bond acceptors (Lipinski definition) is 3. The molecule has 2 heterocycles. The second kappa shape index (κ2) is 7.75. The van der Waals surface area contributed by atoms with Gasteiger partial charge in [-0.1, -0.05) is 35.3 Å². The Morgan fingerprint density at radius 1 is 1.15 bits per heavy atom. The van der Waals surface area contributed by atoms with Crippen LogP contribution in [0.2, 0.25) is 10.0 Å². The van der Waals surface area contributed by atoms with Crippen LogP contribution in [0.1, 0.15) is 30.2 Å². The normalized spacial score (nSPS) is 15.7. The molecule has 0 spiro atoms. The number of piperidine rings is 1. The smallest absolute Gasteiger partial charge is 0.246 e. The Morgan fingerprint density at radius 3 is 2.70 bits per heavy atom. The van der Waals surface area contributed by atoms with Crippen LogP contribution in [-0.2, 0) is 4.79 Å². The number of rotatable bonds is 3. The van der Waals surface area contributed by atoms with Gasteiger partial charge in [-0.2, -0.15) is 0 Å². The third-order valence-electron chi connectivity index (χ3n) is 4.83. The Bertz CT molecular complexity index is 971. The van der Waals surface area contributed by atoms with E-state index in [0.29, 0.717) is 23.1 Å². The summed E-state index contributed by atoms with van der Waals surface area (Å²) in [6, 6.07) is 13.0. The maximum absolute atomic E-state index is 12.5. The van der Waals surface area contributed by atoms with E-state index in [-0.39, 0.29) is 11.8 Å². The number of benzene rings is 2. The topological polar surface area (TPSA) is 46.3 Å². The van der Waals surface area contributed by atoms with Crippen LogP contribution in [-0.4, -0.2) is 28.9 Å². The number of para-hydroxylation sites is 2. The zero-order valence-corrected chi connectivity index (χ0v) is 16.1. The Balaban J connectivity index is 1.39. The van der Waals surface area contributed by atoms with Crippen LogP contribution in [0.4, 0.5) is 0 Å². The first-order valence-electron chi connectivity index (χ1n) is 8.87. The molecule has 0 N–H and O–H groups in total. The first-order chi connectivity index (χ1) is 13.1. The molecular weight excluding hydrogens is 383 g/mol. The summed E-state index contributed by atoms with van der Waals surface area (Å²) in [5, 5.41) is 1.16. The van der Waals surface area contributed by atoms with E-state index in [4.69, 9.17) is 27.6 Å². The number of fused-ring (bicyclic) bond motifs is 1. The number of halogens is 2. The van der Waals surface area contributed by atoms with E-state index in [1.165, 1.54) is 0 Å². The van der Waals surface area contributed by atoms with Crippen LogP contribution in [0.5, 0.6) is 0 Å². The number of carbonyl (C=O) groups excluding carboxylic acids is 1. The van der Waals surface area contributed by atoms with E-state index in [2.05, 4.69) is 4.98 Å². The van der Waals surface area contributed by atoms with E-state index in [0.717, 1.165) is 35.4 Å². The first-order valence-corrected chi connectivity index (χ1v) is 9.63. The average molecular weight is 401 g/mol. The molecule has 4 rings (SSSR count). The molecule has 1 aliphatic rings. The number of likely N-dealkylation sites (tertiary alicyclic amines) is 1. The Kier molecular flexibility index (Phi) is 5.19. The summed E-state index contributed by atoms with van der Waals surface area (Å²) in [5.41, 5.74) is 2.43. The van der Waals surface area contributed by atoms with Crippen molar-refractivity contribution in [3.63, 3.8) is 0 Å². The summed E-state index contributed by atoms with van der Waals surface area (Å²) in [6.45, 7) is 1.35. The van der Waals surface area contributed by atoms with Gasteiger partial charge >= 0.3 is 0 Å². The predicted octanol–water partition coefficient (Wildman–Crippen LogP) is 5.55. The largest absolute Gasteiger partial charge is 0.440 e. The zero-order chi connectivity index (χ0) is 18.8. The summed E-state index contributed by atoms with van der Waals surface area (Å²) < 4.78 is 5.88. The highest BCUT2D eigenvalue weighted by atomic mass is 35.5. The molecule has 4 nitrogen and oxygen atoms in total. The quantitative estimate of drug-likeness (QED) is 0.541. The van der Waals surface area contributed by atoms with Gasteiger partial charge in [-0.3, -0.25) is 4.79 Å². The molecular formula is C21H18Cl2N2O2. The van der Waals surface area contributed by atoms with Gasteiger partial charge in [0.1, 0.15) is 5.52 Å². The Morgan fingerprint density at radius 2 is 1.93 bits per heavy atom. The second-order valence-corrected chi connectivity index (χ2v) is 7.46. The number of amides is 1. The zero-order valence-electron chi connectivity index (χ0n) is 14.6. The molecule has 1 amide bonds. The molecule has 0 aliphatic carbocycles. The van der Waals surface area contributed by atoms with Gasteiger partial charge in [-0.15, -0.1) is 0 Å². The van der Waals surface area contributed by atoms with Gasteiger partial charge in [-0.05, 0) is 54.8 Å². The van der Waals surface area contributed by atoms with Crippen LogP contribution in [0.3, 0.4) is 0 Å². The minimum Gasteiger partial charge on any atom is -0.440 e. The minimum absolute atomic E-state index is 0.0259. The molecule has 1 saturated heterocycles. The SMILES string of the molecule is O=C(/C=C/c1cc(Cl)ccc1Cl)N1CCC(c2nc3ccccc3o2)CC1. The Labute approximate surface area is 167 Å². The molecule has 0 atom stereocenters. The van der Waals surface area contributed by atoms with Crippen molar-refractivity contribution >= 4 is 46.3 Å². The van der Waals surface area contributed by atoms with Crippen molar-refractivity contribution < 1.29 is 9.21 Å². The third-order valence-corrected chi connectivity index (χ3v) is 5.41. The number of oxazole rings is 1. The highest BCUT2D eigenvalue weighted by molar-refractivity contribution is 6.34. The molecule has 0 bridgehead atoms. The van der Waals surface area contributed by atoms with Crippen molar-refractivity contribution in [3.8, 4) is 0 Å². The van der Waals surface area contributed by atoms with Crippen LogP contribution in [0.25, 0.3) is 17.2 Å². The van der Waals surface area contributed by atoms with Crippen molar-refractivity contribution in [2.75, 3.05) is 13.1 Å². The fourth-order valence-corrected chi connectivity index (χ4v) is 3.68. The molecule has 1 fully saturated rings. The molecule has 0 radical (unpaired) electrons. The predicted molar refractivity (Wildman–Crippen MR) is 108 cm³/mol. The van der Waals surface area contributed by atoms with Crippen molar-refractivity contribution in [1.82, 2.24) is 9.88 Å². The fourth-order valence-electron chi connectivity index (χ4n) is 3.32. The van der Waals surface area contributed by atoms with Crippen LogP contribution in [0, 0.1) is 0 Å². The van der Waals surface area contributed by atoms with Gasteiger partial charge in [0, 0.05) is 35.1 Å². The molecule has 6 heteroatoms. The van der Waals surface area contributed by atoms with Crippen molar-refractivity contribution in [3.05, 3.63) is 70.0 Å². The average Bonchev–Trinajstić information content (AvgIpc) is 3.13.